The average Bonchev–Trinajstić information content (AvgIpc) is 2.86. The fraction of sp³-hybridized carbons (Fsp3) is 0.643. The normalized spacial score (nSPS) is 23.8. The molecule has 0 aliphatic heterocycles. The maximum absolute atomic E-state index is 5.88. The third-order valence-electron chi connectivity index (χ3n) is 3.95. The van der Waals surface area contributed by atoms with Crippen LogP contribution in [0.4, 0.5) is 0 Å². The molecule has 0 spiro atoms. The summed E-state index contributed by atoms with van der Waals surface area (Å²) in [4.78, 5) is 7.00. The molecular weight excluding hydrogens is 290 g/mol. The highest BCUT2D eigenvalue weighted by molar-refractivity contribution is 9.10. The molecule has 3 nitrogen and oxygen atoms in total. The van der Waals surface area contributed by atoms with E-state index in [9.17, 15) is 0 Å². The third kappa shape index (κ3) is 3.31. The molecule has 100 valence electrons. The lowest BCUT2D eigenvalue weighted by molar-refractivity contribution is 0.160. The zero-order valence-electron chi connectivity index (χ0n) is 11.0. The van der Waals surface area contributed by atoms with Gasteiger partial charge in [0.1, 0.15) is 0 Å². The molecule has 0 bridgehead atoms. The molecule has 1 fully saturated rings. The van der Waals surface area contributed by atoms with Crippen LogP contribution in [-0.2, 0) is 6.54 Å². The number of pyridine rings is 1. The Morgan fingerprint density at radius 2 is 2.28 bits per heavy atom. The van der Waals surface area contributed by atoms with Crippen LogP contribution >= 0.6 is 15.9 Å². The van der Waals surface area contributed by atoms with Gasteiger partial charge in [0.15, 0.2) is 0 Å². The molecular formula is C14H22BrN3. The Morgan fingerprint density at radius 3 is 2.89 bits per heavy atom. The molecule has 0 amide bonds. The van der Waals surface area contributed by atoms with Gasteiger partial charge in [-0.1, -0.05) is 13.3 Å². The summed E-state index contributed by atoms with van der Waals surface area (Å²) in [6, 6.07) is 4.80. The quantitative estimate of drug-likeness (QED) is 0.909. The minimum absolute atomic E-state index is 0.644. The summed E-state index contributed by atoms with van der Waals surface area (Å²) in [6.45, 7) is 5.05. The predicted octanol–water partition coefficient (Wildman–Crippen LogP) is 2.79. The molecule has 2 atom stereocenters. The van der Waals surface area contributed by atoms with E-state index in [1.54, 1.807) is 0 Å². The Morgan fingerprint density at radius 1 is 1.44 bits per heavy atom. The van der Waals surface area contributed by atoms with Crippen molar-refractivity contribution < 1.29 is 0 Å². The molecule has 2 unspecified atom stereocenters. The number of halogens is 1. The van der Waals surface area contributed by atoms with Gasteiger partial charge < -0.3 is 5.73 Å². The van der Waals surface area contributed by atoms with E-state index >= 15 is 0 Å². The maximum Gasteiger partial charge on any atom is 0.0544 e. The average molecular weight is 312 g/mol. The molecule has 0 aromatic carbocycles. The summed E-state index contributed by atoms with van der Waals surface area (Å²) < 4.78 is 1.04. The van der Waals surface area contributed by atoms with E-state index in [0.717, 1.165) is 29.8 Å². The number of rotatable bonds is 5. The lowest BCUT2D eigenvalue weighted by atomic mass is 10.0. The van der Waals surface area contributed by atoms with Crippen LogP contribution in [0.5, 0.6) is 0 Å². The Bertz CT molecular complexity index is 366. The first-order valence-corrected chi connectivity index (χ1v) is 7.58. The molecule has 0 saturated heterocycles. The Balaban J connectivity index is 2.02. The summed E-state index contributed by atoms with van der Waals surface area (Å²) in [5, 5.41) is 0. The Kier molecular flexibility index (Phi) is 5.15. The smallest absolute Gasteiger partial charge is 0.0544 e. The molecule has 2 rings (SSSR count). The highest BCUT2D eigenvalue weighted by Crippen LogP contribution is 2.30. The van der Waals surface area contributed by atoms with Crippen molar-refractivity contribution in [3.8, 4) is 0 Å². The Hall–Kier alpha value is -0.450. The van der Waals surface area contributed by atoms with Crippen LogP contribution in [0.2, 0.25) is 0 Å². The summed E-state index contributed by atoms with van der Waals surface area (Å²) in [7, 11) is 0. The van der Waals surface area contributed by atoms with Crippen LogP contribution in [0.15, 0.2) is 22.8 Å². The van der Waals surface area contributed by atoms with Crippen molar-refractivity contribution in [3.05, 3.63) is 28.5 Å². The second-order valence-corrected chi connectivity index (χ2v) is 5.94. The van der Waals surface area contributed by atoms with Crippen LogP contribution in [0.3, 0.4) is 0 Å². The van der Waals surface area contributed by atoms with Crippen molar-refractivity contribution in [2.45, 2.75) is 38.8 Å². The molecule has 1 aliphatic rings. The van der Waals surface area contributed by atoms with Crippen molar-refractivity contribution >= 4 is 15.9 Å². The van der Waals surface area contributed by atoms with Crippen LogP contribution in [0, 0.1) is 5.92 Å². The zero-order chi connectivity index (χ0) is 13.0. The monoisotopic (exact) mass is 311 g/mol. The van der Waals surface area contributed by atoms with E-state index in [0.29, 0.717) is 12.0 Å². The van der Waals surface area contributed by atoms with Gasteiger partial charge in [-0.05, 0) is 59.9 Å². The second kappa shape index (κ2) is 6.64. The molecule has 1 saturated carbocycles. The van der Waals surface area contributed by atoms with E-state index < -0.39 is 0 Å². The first kappa shape index (κ1) is 14.0. The molecule has 1 heterocycles. The van der Waals surface area contributed by atoms with Gasteiger partial charge in [-0.3, -0.25) is 9.88 Å². The van der Waals surface area contributed by atoms with E-state index in [-0.39, 0.29) is 0 Å². The van der Waals surface area contributed by atoms with Gasteiger partial charge in [0.05, 0.1) is 5.69 Å². The lowest BCUT2D eigenvalue weighted by Gasteiger charge is -2.31. The van der Waals surface area contributed by atoms with E-state index in [4.69, 9.17) is 5.73 Å². The van der Waals surface area contributed by atoms with Crippen molar-refractivity contribution in [3.63, 3.8) is 0 Å². The maximum atomic E-state index is 5.88. The standard InChI is InChI=1S/C14H22BrN3/c1-2-18(14-5-3-4-11(14)8-16)10-13-7-6-12(15)9-17-13/h6-7,9,11,14H,2-5,8,10,16H2,1H3. The topological polar surface area (TPSA) is 42.2 Å². The predicted molar refractivity (Wildman–Crippen MR) is 78.2 cm³/mol. The molecule has 4 heteroatoms. The zero-order valence-corrected chi connectivity index (χ0v) is 12.6. The largest absolute Gasteiger partial charge is 0.330 e. The summed E-state index contributed by atoms with van der Waals surface area (Å²) >= 11 is 3.42. The van der Waals surface area contributed by atoms with Gasteiger partial charge in [-0.25, -0.2) is 0 Å². The minimum Gasteiger partial charge on any atom is -0.330 e. The number of aromatic nitrogens is 1. The van der Waals surface area contributed by atoms with Gasteiger partial charge in [0, 0.05) is 23.3 Å². The highest BCUT2D eigenvalue weighted by Gasteiger charge is 2.30. The fourth-order valence-corrected chi connectivity index (χ4v) is 3.18. The van der Waals surface area contributed by atoms with Crippen molar-refractivity contribution in [1.29, 1.82) is 0 Å². The molecule has 18 heavy (non-hydrogen) atoms. The Labute approximate surface area is 118 Å². The van der Waals surface area contributed by atoms with Crippen molar-refractivity contribution in [1.82, 2.24) is 9.88 Å². The van der Waals surface area contributed by atoms with Crippen LogP contribution in [-0.4, -0.2) is 29.0 Å². The molecule has 1 aromatic rings. The number of hydrogen-bond donors (Lipinski definition) is 1. The molecule has 0 radical (unpaired) electrons. The van der Waals surface area contributed by atoms with E-state index in [1.165, 1.54) is 19.3 Å². The van der Waals surface area contributed by atoms with Gasteiger partial charge in [0.2, 0.25) is 0 Å². The SMILES string of the molecule is CCN(Cc1ccc(Br)cn1)C1CCCC1CN. The van der Waals surface area contributed by atoms with Crippen LogP contribution in [0.1, 0.15) is 31.9 Å². The van der Waals surface area contributed by atoms with Crippen molar-refractivity contribution in [2.75, 3.05) is 13.1 Å². The lowest BCUT2D eigenvalue weighted by Crippen LogP contribution is -2.39. The summed E-state index contributed by atoms with van der Waals surface area (Å²) in [5.41, 5.74) is 7.02. The summed E-state index contributed by atoms with van der Waals surface area (Å²) in [5.74, 6) is 0.667. The number of nitrogens with zero attached hydrogens (tertiary/aromatic N) is 2. The van der Waals surface area contributed by atoms with Gasteiger partial charge >= 0.3 is 0 Å². The van der Waals surface area contributed by atoms with Crippen molar-refractivity contribution in [2.24, 2.45) is 11.7 Å². The first-order valence-electron chi connectivity index (χ1n) is 6.79. The third-order valence-corrected chi connectivity index (χ3v) is 4.42. The first-order chi connectivity index (χ1) is 8.74. The fourth-order valence-electron chi connectivity index (χ4n) is 2.94. The van der Waals surface area contributed by atoms with Crippen LogP contribution in [0.25, 0.3) is 0 Å². The van der Waals surface area contributed by atoms with Gasteiger partial charge in [-0.2, -0.15) is 0 Å². The van der Waals surface area contributed by atoms with E-state index in [2.05, 4.69) is 44.9 Å². The molecule has 1 aliphatic carbocycles. The summed E-state index contributed by atoms with van der Waals surface area (Å²) in [6.07, 6.45) is 5.76. The van der Waals surface area contributed by atoms with E-state index in [1.807, 2.05) is 6.20 Å². The minimum atomic E-state index is 0.644. The molecule has 2 N–H and O–H groups in total. The molecule has 1 aromatic heterocycles. The van der Waals surface area contributed by atoms with Gasteiger partial charge in [0.25, 0.3) is 0 Å². The second-order valence-electron chi connectivity index (χ2n) is 5.02. The number of nitrogens with two attached hydrogens (primary N) is 1. The van der Waals surface area contributed by atoms with Crippen LogP contribution < -0.4 is 5.73 Å². The van der Waals surface area contributed by atoms with Gasteiger partial charge in [-0.15, -0.1) is 0 Å². The number of hydrogen-bond acceptors (Lipinski definition) is 3. The highest BCUT2D eigenvalue weighted by atomic mass is 79.9.